The van der Waals surface area contributed by atoms with Crippen LogP contribution in [0.1, 0.15) is 30.4 Å². The first kappa shape index (κ1) is 15.1. The molecule has 2 aromatic rings. The van der Waals surface area contributed by atoms with Crippen LogP contribution in [0.2, 0.25) is 0 Å². The molecule has 1 amide bonds. The number of nitrogens with zero attached hydrogens (tertiary/aromatic N) is 2. The Morgan fingerprint density at radius 2 is 1.95 bits per heavy atom. The molecule has 0 bridgehead atoms. The summed E-state index contributed by atoms with van der Waals surface area (Å²) in [6.45, 7) is 4.12. The van der Waals surface area contributed by atoms with Crippen molar-refractivity contribution >= 4 is 22.4 Å². The fourth-order valence-electron chi connectivity index (χ4n) is 2.95. The summed E-state index contributed by atoms with van der Waals surface area (Å²) in [5.41, 5.74) is 9.28. The predicted molar refractivity (Wildman–Crippen MR) is 88.8 cm³/mol. The second kappa shape index (κ2) is 6.14. The Balaban J connectivity index is 1.72. The number of rotatable bonds is 3. The summed E-state index contributed by atoms with van der Waals surface area (Å²) in [6, 6.07) is 6.43. The van der Waals surface area contributed by atoms with Crippen LogP contribution < -0.4 is 11.1 Å². The highest BCUT2D eigenvalue weighted by Gasteiger charge is 2.28. The van der Waals surface area contributed by atoms with E-state index < -0.39 is 0 Å². The van der Waals surface area contributed by atoms with Gasteiger partial charge in [-0.3, -0.25) is 4.79 Å². The van der Waals surface area contributed by atoms with Gasteiger partial charge in [0.15, 0.2) is 0 Å². The average Bonchev–Trinajstić information content (AvgIpc) is 3.06. The number of carbonyl (C=O) groups excluding carboxylic acids is 1. The minimum absolute atomic E-state index is 0.00330. The Labute approximate surface area is 134 Å². The molecular formula is C16H20N4OS. The van der Waals surface area contributed by atoms with Gasteiger partial charge in [-0.15, -0.1) is 10.2 Å². The summed E-state index contributed by atoms with van der Waals surface area (Å²) < 4.78 is 0. The molecule has 0 spiro atoms. The zero-order valence-corrected chi connectivity index (χ0v) is 13.6. The van der Waals surface area contributed by atoms with E-state index in [1.807, 2.05) is 0 Å². The molecule has 1 saturated carbocycles. The Kier molecular flexibility index (Phi) is 4.22. The lowest BCUT2D eigenvalue weighted by molar-refractivity contribution is -0.119. The minimum Gasteiger partial charge on any atom is -0.328 e. The summed E-state index contributed by atoms with van der Waals surface area (Å²) in [5, 5.41) is 12.5. The van der Waals surface area contributed by atoms with Gasteiger partial charge < -0.3 is 11.1 Å². The average molecular weight is 316 g/mol. The van der Waals surface area contributed by atoms with Crippen LogP contribution in [0.25, 0.3) is 10.6 Å². The first-order valence-corrected chi connectivity index (χ1v) is 8.31. The first-order valence-electron chi connectivity index (χ1n) is 7.50. The second-order valence-corrected chi connectivity index (χ2v) is 7.03. The SMILES string of the molecule is Cc1cc(C)cc(-c2nnc(NC(=O)C3CCC(N)C3)s2)c1. The number of hydrogen-bond donors (Lipinski definition) is 2. The molecule has 0 aliphatic heterocycles. The summed E-state index contributed by atoms with van der Waals surface area (Å²) in [6.07, 6.45) is 2.53. The summed E-state index contributed by atoms with van der Waals surface area (Å²) in [4.78, 5) is 12.2. The number of carbonyl (C=O) groups is 1. The second-order valence-electron chi connectivity index (χ2n) is 6.05. The van der Waals surface area contributed by atoms with Crippen LogP contribution in [0.5, 0.6) is 0 Å². The van der Waals surface area contributed by atoms with Crippen molar-refractivity contribution in [2.75, 3.05) is 5.32 Å². The number of nitrogens with one attached hydrogen (secondary N) is 1. The van der Waals surface area contributed by atoms with Crippen LogP contribution in [-0.2, 0) is 4.79 Å². The fraction of sp³-hybridized carbons (Fsp3) is 0.438. The molecule has 22 heavy (non-hydrogen) atoms. The summed E-state index contributed by atoms with van der Waals surface area (Å²) in [5.74, 6) is 0.0136. The van der Waals surface area contributed by atoms with E-state index in [0.29, 0.717) is 5.13 Å². The number of benzene rings is 1. The molecule has 1 aliphatic carbocycles. The normalized spacial score (nSPS) is 21.0. The lowest BCUT2D eigenvalue weighted by Gasteiger charge is -2.07. The largest absolute Gasteiger partial charge is 0.328 e. The van der Waals surface area contributed by atoms with Crippen LogP contribution in [0.3, 0.4) is 0 Å². The maximum absolute atomic E-state index is 12.2. The topological polar surface area (TPSA) is 80.9 Å². The van der Waals surface area contributed by atoms with Gasteiger partial charge in [-0.1, -0.05) is 28.5 Å². The van der Waals surface area contributed by atoms with Gasteiger partial charge in [-0.05, 0) is 45.2 Å². The molecule has 3 N–H and O–H groups in total. The number of aromatic nitrogens is 2. The third kappa shape index (κ3) is 3.34. The number of amides is 1. The predicted octanol–water partition coefficient (Wildman–Crippen LogP) is 2.89. The molecule has 0 saturated heterocycles. The van der Waals surface area contributed by atoms with E-state index in [2.05, 4.69) is 47.6 Å². The summed E-state index contributed by atoms with van der Waals surface area (Å²) in [7, 11) is 0. The molecule has 1 aromatic carbocycles. The van der Waals surface area contributed by atoms with Gasteiger partial charge in [-0.25, -0.2) is 0 Å². The molecule has 1 aromatic heterocycles. The van der Waals surface area contributed by atoms with Gasteiger partial charge in [0, 0.05) is 17.5 Å². The number of anilines is 1. The lowest BCUT2D eigenvalue weighted by Crippen LogP contribution is -2.23. The maximum Gasteiger partial charge on any atom is 0.229 e. The molecule has 3 rings (SSSR count). The van der Waals surface area contributed by atoms with Crippen molar-refractivity contribution in [1.82, 2.24) is 10.2 Å². The Bertz CT molecular complexity index is 677. The highest BCUT2D eigenvalue weighted by molar-refractivity contribution is 7.18. The summed E-state index contributed by atoms with van der Waals surface area (Å²) >= 11 is 1.41. The molecule has 5 nitrogen and oxygen atoms in total. The van der Waals surface area contributed by atoms with E-state index in [1.165, 1.54) is 22.5 Å². The molecule has 0 radical (unpaired) electrons. The van der Waals surface area contributed by atoms with E-state index in [-0.39, 0.29) is 17.9 Å². The van der Waals surface area contributed by atoms with Crippen molar-refractivity contribution in [3.05, 3.63) is 29.3 Å². The van der Waals surface area contributed by atoms with Crippen molar-refractivity contribution in [3.63, 3.8) is 0 Å². The van der Waals surface area contributed by atoms with Gasteiger partial charge in [0.25, 0.3) is 0 Å². The highest BCUT2D eigenvalue weighted by atomic mass is 32.1. The van der Waals surface area contributed by atoms with Gasteiger partial charge >= 0.3 is 0 Å². The third-order valence-electron chi connectivity index (χ3n) is 3.97. The number of nitrogens with two attached hydrogens (primary N) is 1. The molecule has 1 heterocycles. The smallest absolute Gasteiger partial charge is 0.229 e. The quantitative estimate of drug-likeness (QED) is 0.912. The fourth-order valence-corrected chi connectivity index (χ4v) is 3.68. The molecule has 1 fully saturated rings. The van der Waals surface area contributed by atoms with Crippen molar-refractivity contribution in [2.45, 2.75) is 39.2 Å². The highest BCUT2D eigenvalue weighted by Crippen LogP contribution is 2.30. The first-order chi connectivity index (χ1) is 10.5. The van der Waals surface area contributed by atoms with E-state index in [1.54, 1.807) is 0 Å². The van der Waals surface area contributed by atoms with Crippen molar-refractivity contribution < 1.29 is 4.79 Å². The van der Waals surface area contributed by atoms with E-state index in [0.717, 1.165) is 29.8 Å². The van der Waals surface area contributed by atoms with Crippen LogP contribution in [0, 0.1) is 19.8 Å². The molecule has 6 heteroatoms. The number of hydrogen-bond acceptors (Lipinski definition) is 5. The third-order valence-corrected chi connectivity index (χ3v) is 4.86. The molecular weight excluding hydrogens is 296 g/mol. The molecule has 2 atom stereocenters. The lowest BCUT2D eigenvalue weighted by atomic mass is 10.1. The van der Waals surface area contributed by atoms with Crippen LogP contribution in [-0.4, -0.2) is 22.1 Å². The van der Waals surface area contributed by atoms with Crippen molar-refractivity contribution in [1.29, 1.82) is 0 Å². The standard InChI is InChI=1S/C16H20N4OS/c1-9-5-10(2)7-12(6-9)15-19-20-16(22-15)18-14(21)11-3-4-13(17)8-11/h5-7,11,13H,3-4,8,17H2,1-2H3,(H,18,20,21). The zero-order chi connectivity index (χ0) is 15.7. The zero-order valence-electron chi connectivity index (χ0n) is 12.8. The maximum atomic E-state index is 12.2. The van der Waals surface area contributed by atoms with Gasteiger partial charge in [0.2, 0.25) is 11.0 Å². The molecule has 116 valence electrons. The molecule has 1 aliphatic rings. The van der Waals surface area contributed by atoms with Crippen LogP contribution >= 0.6 is 11.3 Å². The monoisotopic (exact) mass is 316 g/mol. The van der Waals surface area contributed by atoms with E-state index in [9.17, 15) is 4.79 Å². The van der Waals surface area contributed by atoms with E-state index >= 15 is 0 Å². The van der Waals surface area contributed by atoms with Crippen molar-refractivity contribution in [3.8, 4) is 10.6 Å². The Hall–Kier alpha value is -1.79. The van der Waals surface area contributed by atoms with Gasteiger partial charge in [0.05, 0.1) is 0 Å². The molecule has 2 unspecified atom stereocenters. The minimum atomic E-state index is 0.00330. The van der Waals surface area contributed by atoms with E-state index in [4.69, 9.17) is 5.73 Å². The number of aryl methyl sites for hydroxylation is 2. The van der Waals surface area contributed by atoms with Gasteiger partial charge in [-0.2, -0.15) is 0 Å². The van der Waals surface area contributed by atoms with Gasteiger partial charge in [0.1, 0.15) is 5.01 Å². The van der Waals surface area contributed by atoms with Crippen LogP contribution in [0.4, 0.5) is 5.13 Å². The Morgan fingerprint density at radius 1 is 1.23 bits per heavy atom. The Morgan fingerprint density at radius 3 is 2.59 bits per heavy atom. The van der Waals surface area contributed by atoms with Crippen molar-refractivity contribution in [2.24, 2.45) is 11.7 Å². The van der Waals surface area contributed by atoms with Crippen LogP contribution in [0.15, 0.2) is 18.2 Å².